The van der Waals surface area contributed by atoms with E-state index in [9.17, 15) is 14.7 Å². The minimum absolute atomic E-state index is 0.0640. The van der Waals surface area contributed by atoms with Crippen LogP contribution in [0.2, 0.25) is 0 Å². The van der Waals surface area contributed by atoms with Gasteiger partial charge in [-0.25, -0.2) is 0 Å². The monoisotopic (exact) mass is 503 g/mol. The molecule has 4 rings (SSSR count). The molecule has 0 spiro atoms. The average molecular weight is 504 g/mol. The number of carbonyl (C=O) groups is 2. The molecule has 194 valence electrons. The van der Waals surface area contributed by atoms with Gasteiger partial charge in [-0.05, 0) is 55.5 Å². The number of amides is 1. The molecule has 0 bridgehead atoms. The lowest BCUT2D eigenvalue weighted by Gasteiger charge is -2.18. The van der Waals surface area contributed by atoms with Crippen LogP contribution in [0.1, 0.15) is 72.0 Å². The van der Waals surface area contributed by atoms with Gasteiger partial charge in [-0.3, -0.25) is 19.6 Å². The minimum atomic E-state index is -0.175. The van der Waals surface area contributed by atoms with Crippen molar-refractivity contribution in [2.24, 2.45) is 5.41 Å². The maximum atomic E-state index is 12.6. The quantitative estimate of drug-likeness (QED) is 0.383. The van der Waals surface area contributed by atoms with Crippen LogP contribution in [0.15, 0.2) is 42.7 Å². The molecule has 1 fully saturated rings. The third kappa shape index (κ3) is 6.44. The summed E-state index contributed by atoms with van der Waals surface area (Å²) < 4.78 is 11.3. The third-order valence-electron chi connectivity index (χ3n) is 6.10. The number of ketones is 1. The number of phenols is 1. The summed E-state index contributed by atoms with van der Waals surface area (Å²) in [5.74, 6) is 0.769. The van der Waals surface area contributed by atoms with Crippen LogP contribution in [0.5, 0.6) is 17.2 Å². The van der Waals surface area contributed by atoms with Crippen molar-refractivity contribution in [3.05, 3.63) is 65.1 Å². The summed E-state index contributed by atoms with van der Waals surface area (Å²) in [6, 6.07) is 8.79. The fraction of sp³-hybridized carbons (Fsp3) is 0.379. The number of methoxy groups -OCH3 is 1. The Morgan fingerprint density at radius 2 is 1.81 bits per heavy atom. The number of rotatable bonds is 9. The Morgan fingerprint density at radius 3 is 2.43 bits per heavy atom. The van der Waals surface area contributed by atoms with Crippen molar-refractivity contribution in [3.63, 3.8) is 0 Å². The van der Waals surface area contributed by atoms with Gasteiger partial charge in [0.2, 0.25) is 0 Å². The highest BCUT2D eigenvalue weighted by molar-refractivity contribution is 5.99. The zero-order valence-electron chi connectivity index (χ0n) is 21.9. The fourth-order valence-corrected chi connectivity index (χ4v) is 3.91. The number of aromatic hydroxyl groups is 1. The number of carbonyl (C=O) groups excluding carboxylic acids is 2. The predicted octanol–water partition coefficient (Wildman–Crippen LogP) is 5.26. The highest BCUT2D eigenvalue weighted by Gasteiger charge is 2.25. The molecule has 37 heavy (non-hydrogen) atoms. The summed E-state index contributed by atoms with van der Waals surface area (Å²) >= 11 is 0. The molecule has 8 heteroatoms. The highest BCUT2D eigenvalue weighted by atomic mass is 16.5. The Kier molecular flexibility index (Phi) is 7.47. The summed E-state index contributed by atoms with van der Waals surface area (Å²) in [4.78, 5) is 34.0. The largest absolute Gasteiger partial charge is 0.507 e. The molecule has 2 aromatic carbocycles. The van der Waals surface area contributed by atoms with E-state index in [-0.39, 0.29) is 35.5 Å². The smallest absolute Gasteiger partial charge is 0.251 e. The normalized spacial score (nSPS) is 13.2. The van der Waals surface area contributed by atoms with Gasteiger partial charge in [-0.15, -0.1) is 0 Å². The first-order chi connectivity index (χ1) is 17.6. The third-order valence-corrected chi connectivity index (χ3v) is 6.10. The molecule has 0 atom stereocenters. The van der Waals surface area contributed by atoms with E-state index in [1.165, 1.54) is 0 Å². The average Bonchev–Trinajstić information content (AvgIpc) is 3.67. The van der Waals surface area contributed by atoms with Gasteiger partial charge in [0.1, 0.15) is 23.9 Å². The number of benzene rings is 2. The maximum Gasteiger partial charge on any atom is 0.251 e. The minimum Gasteiger partial charge on any atom is -0.507 e. The van der Waals surface area contributed by atoms with Gasteiger partial charge in [0.15, 0.2) is 5.78 Å². The van der Waals surface area contributed by atoms with Crippen LogP contribution in [0.3, 0.4) is 0 Å². The van der Waals surface area contributed by atoms with E-state index < -0.39 is 0 Å². The number of hydrogen-bond donors (Lipinski definition) is 2. The van der Waals surface area contributed by atoms with Gasteiger partial charge >= 0.3 is 0 Å². The molecule has 1 heterocycles. The highest BCUT2D eigenvalue weighted by Crippen LogP contribution is 2.34. The van der Waals surface area contributed by atoms with Crippen molar-refractivity contribution in [1.82, 2.24) is 15.3 Å². The Labute approximate surface area is 217 Å². The second-order valence-electron chi connectivity index (χ2n) is 10.6. The zero-order chi connectivity index (χ0) is 26.7. The first kappa shape index (κ1) is 26.1. The second kappa shape index (κ2) is 10.6. The maximum absolute atomic E-state index is 12.6. The molecule has 8 nitrogen and oxygen atoms in total. The van der Waals surface area contributed by atoms with Gasteiger partial charge in [0.05, 0.1) is 36.5 Å². The molecule has 0 radical (unpaired) electrons. The molecule has 1 saturated carbocycles. The van der Waals surface area contributed by atoms with Crippen molar-refractivity contribution < 1.29 is 24.2 Å². The van der Waals surface area contributed by atoms with Crippen molar-refractivity contribution >= 4 is 11.7 Å². The fourth-order valence-electron chi connectivity index (χ4n) is 3.91. The molecular formula is C29H33N3O5. The molecule has 1 aromatic heterocycles. The van der Waals surface area contributed by atoms with Gasteiger partial charge in [-0.2, -0.15) is 0 Å². The van der Waals surface area contributed by atoms with E-state index in [0.717, 1.165) is 12.8 Å². The summed E-state index contributed by atoms with van der Waals surface area (Å²) in [5.41, 5.74) is 2.97. The second-order valence-corrected chi connectivity index (χ2v) is 10.6. The Hall–Kier alpha value is -3.94. The molecule has 1 aliphatic carbocycles. The van der Waals surface area contributed by atoms with Gasteiger partial charge < -0.3 is 19.9 Å². The zero-order valence-corrected chi connectivity index (χ0v) is 21.9. The number of Topliss-reactive ketones (excluding diaryl/α,β-unsaturated/α-hetero) is 1. The lowest BCUT2D eigenvalue weighted by atomic mass is 9.87. The van der Waals surface area contributed by atoms with E-state index in [4.69, 9.17) is 9.47 Å². The van der Waals surface area contributed by atoms with Gasteiger partial charge in [0, 0.05) is 29.2 Å². The number of phenolic OH excluding ortho intramolecular Hbond substituents is 1. The first-order valence-corrected chi connectivity index (χ1v) is 12.3. The van der Waals surface area contributed by atoms with Crippen LogP contribution < -0.4 is 14.8 Å². The Bertz CT molecular complexity index is 1310. The van der Waals surface area contributed by atoms with Crippen molar-refractivity contribution in [2.45, 2.75) is 59.6 Å². The van der Waals surface area contributed by atoms with Crippen LogP contribution in [-0.4, -0.2) is 39.9 Å². The number of nitrogens with one attached hydrogen (secondary N) is 1. The van der Waals surface area contributed by atoms with Gasteiger partial charge in [0.25, 0.3) is 5.91 Å². The summed E-state index contributed by atoms with van der Waals surface area (Å²) in [7, 11) is 1.57. The summed E-state index contributed by atoms with van der Waals surface area (Å²) in [6.07, 6.45) is 5.58. The SMILES string of the molecule is COc1ccc(C(=O)NC2CC2)cc1-c1cnc(COc2ccc(C(=O)CC(C)(C)C)c(O)c2C)cn1. The first-order valence-electron chi connectivity index (χ1n) is 12.3. The van der Waals surface area contributed by atoms with E-state index in [1.807, 2.05) is 20.8 Å². The summed E-state index contributed by atoms with van der Waals surface area (Å²) in [6.45, 7) is 7.79. The van der Waals surface area contributed by atoms with E-state index in [1.54, 1.807) is 56.8 Å². The van der Waals surface area contributed by atoms with Crippen LogP contribution in [0.25, 0.3) is 11.3 Å². The van der Waals surface area contributed by atoms with Crippen LogP contribution in [-0.2, 0) is 6.61 Å². The summed E-state index contributed by atoms with van der Waals surface area (Å²) in [5, 5.41) is 13.6. The van der Waals surface area contributed by atoms with Crippen molar-refractivity contribution in [1.29, 1.82) is 0 Å². The molecule has 2 N–H and O–H groups in total. The molecule has 3 aromatic rings. The van der Waals surface area contributed by atoms with E-state index in [0.29, 0.717) is 51.6 Å². The van der Waals surface area contributed by atoms with E-state index >= 15 is 0 Å². The van der Waals surface area contributed by atoms with E-state index in [2.05, 4.69) is 15.3 Å². The van der Waals surface area contributed by atoms with Crippen LogP contribution in [0.4, 0.5) is 0 Å². The lowest BCUT2D eigenvalue weighted by Crippen LogP contribution is -2.25. The standard InChI is InChI=1S/C29H33N3O5/c1-17-25(11-9-21(27(17)34)24(33)13-29(2,3)4)37-16-20-14-31-23(15-30-20)22-12-18(6-10-26(22)36-5)28(35)32-19-7-8-19/h6,9-12,14-15,19,34H,7-8,13,16H2,1-5H3,(H,32,35). The number of nitrogens with zero attached hydrogens (tertiary/aromatic N) is 2. The topological polar surface area (TPSA) is 111 Å². The Balaban J connectivity index is 1.46. The molecule has 0 saturated heterocycles. The number of aromatic nitrogens is 2. The molecule has 1 aliphatic rings. The van der Waals surface area contributed by atoms with Gasteiger partial charge in [-0.1, -0.05) is 20.8 Å². The van der Waals surface area contributed by atoms with Crippen molar-refractivity contribution in [3.8, 4) is 28.5 Å². The molecule has 1 amide bonds. The van der Waals surface area contributed by atoms with Crippen LogP contribution >= 0.6 is 0 Å². The van der Waals surface area contributed by atoms with Crippen molar-refractivity contribution in [2.75, 3.05) is 7.11 Å². The molecular weight excluding hydrogens is 470 g/mol. The predicted molar refractivity (Wildman–Crippen MR) is 140 cm³/mol. The number of hydrogen-bond acceptors (Lipinski definition) is 7. The Morgan fingerprint density at radius 1 is 1.08 bits per heavy atom. The van der Waals surface area contributed by atoms with Crippen LogP contribution in [0, 0.1) is 12.3 Å². The molecule has 0 unspecified atom stereocenters. The molecule has 0 aliphatic heterocycles. The number of ether oxygens (including phenoxy) is 2. The lowest BCUT2D eigenvalue weighted by molar-refractivity contribution is 0.0932.